The number of rotatable bonds is 10. The highest BCUT2D eigenvalue weighted by molar-refractivity contribution is 5.17. The van der Waals surface area contributed by atoms with Crippen molar-refractivity contribution >= 4 is 0 Å². The summed E-state index contributed by atoms with van der Waals surface area (Å²) >= 11 is 0. The quantitative estimate of drug-likeness (QED) is 0.534. The van der Waals surface area contributed by atoms with Gasteiger partial charge >= 0.3 is 0 Å². The fraction of sp³-hybridized carbons (Fsp3) is 0.800. The van der Waals surface area contributed by atoms with Crippen molar-refractivity contribution in [3.8, 4) is 0 Å². The van der Waals surface area contributed by atoms with Crippen molar-refractivity contribution in [3.63, 3.8) is 0 Å². The number of methoxy groups -OCH3 is 1. The average molecular weight is 325 g/mol. The standard InChI is InChI=1S/C20H36O3/c1-6-14-22-19(13-15-21-5)11-7-16(2)8-12-20-17(3)9-10-18(4)23-20/h7-8,11,17-20H,6,9-10,12-15H2,1-5H3/b11-7+,16-8+/t17-,18+,19+,20-/m0/s1. The van der Waals surface area contributed by atoms with Crippen LogP contribution in [0.4, 0.5) is 0 Å². The minimum Gasteiger partial charge on any atom is -0.385 e. The van der Waals surface area contributed by atoms with Gasteiger partial charge in [-0.15, -0.1) is 0 Å². The zero-order valence-corrected chi connectivity index (χ0v) is 15.7. The number of hydrogen-bond acceptors (Lipinski definition) is 3. The molecule has 0 bridgehead atoms. The van der Waals surface area contributed by atoms with Crippen molar-refractivity contribution in [2.24, 2.45) is 5.92 Å². The second-order valence-electron chi connectivity index (χ2n) is 6.77. The predicted octanol–water partition coefficient (Wildman–Crippen LogP) is 4.91. The molecule has 0 unspecified atom stereocenters. The topological polar surface area (TPSA) is 27.7 Å². The molecular formula is C20H36O3. The average Bonchev–Trinajstić information content (AvgIpc) is 2.55. The lowest BCUT2D eigenvalue weighted by molar-refractivity contribution is -0.0676. The minimum atomic E-state index is 0.142. The molecule has 3 nitrogen and oxygen atoms in total. The number of allylic oxidation sites excluding steroid dienone is 2. The van der Waals surface area contributed by atoms with E-state index < -0.39 is 0 Å². The van der Waals surface area contributed by atoms with Gasteiger partial charge in [-0.2, -0.15) is 0 Å². The van der Waals surface area contributed by atoms with Crippen LogP contribution in [0.1, 0.15) is 59.8 Å². The molecule has 0 spiro atoms. The molecule has 1 saturated heterocycles. The Morgan fingerprint density at radius 3 is 2.74 bits per heavy atom. The van der Waals surface area contributed by atoms with Gasteiger partial charge in [-0.1, -0.05) is 37.6 Å². The maximum absolute atomic E-state index is 6.07. The van der Waals surface area contributed by atoms with Crippen LogP contribution in [0, 0.1) is 5.92 Å². The molecule has 3 heteroatoms. The van der Waals surface area contributed by atoms with E-state index in [1.807, 2.05) is 0 Å². The van der Waals surface area contributed by atoms with E-state index in [1.54, 1.807) is 7.11 Å². The van der Waals surface area contributed by atoms with Gasteiger partial charge in [0, 0.05) is 26.7 Å². The summed E-state index contributed by atoms with van der Waals surface area (Å²) in [5, 5.41) is 0. The Kier molecular flexibility index (Phi) is 10.5. The molecule has 4 atom stereocenters. The summed E-state index contributed by atoms with van der Waals surface area (Å²) in [4.78, 5) is 0. The molecule has 1 aliphatic heterocycles. The van der Waals surface area contributed by atoms with Gasteiger partial charge in [-0.25, -0.2) is 0 Å². The molecule has 1 aliphatic rings. The maximum Gasteiger partial charge on any atom is 0.0780 e. The van der Waals surface area contributed by atoms with Gasteiger partial charge in [-0.3, -0.25) is 0 Å². The fourth-order valence-electron chi connectivity index (χ4n) is 2.84. The van der Waals surface area contributed by atoms with Crippen molar-refractivity contribution in [1.82, 2.24) is 0 Å². The first-order valence-electron chi connectivity index (χ1n) is 9.17. The van der Waals surface area contributed by atoms with Crippen molar-refractivity contribution in [2.45, 2.75) is 78.1 Å². The summed E-state index contributed by atoms with van der Waals surface area (Å²) in [5.41, 5.74) is 1.28. The highest BCUT2D eigenvalue weighted by Gasteiger charge is 2.24. The molecule has 0 aromatic heterocycles. The Hall–Kier alpha value is -0.640. The molecule has 1 rings (SSSR count). The van der Waals surface area contributed by atoms with Gasteiger partial charge in [0.1, 0.15) is 0 Å². The molecule has 0 radical (unpaired) electrons. The zero-order chi connectivity index (χ0) is 17.1. The minimum absolute atomic E-state index is 0.142. The van der Waals surface area contributed by atoms with Crippen LogP contribution in [0.15, 0.2) is 23.8 Å². The largest absolute Gasteiger partial charge is 0.385 e. The van der Waals surface area contributed by atoms with Gasteiger partial charge in [0.15, 0.2) is 0 Å². The van der Waals surface area contributed by atoms with Crippen LogP contribution in [-0.2, 0) is 14.2 Å². The first-order valence-corrected chi connectivity index (χ1v) is 9.17. The molecule has 0 saturated carbocycles. The molecule has 134 valence electrons. The predicted molar refractivity (Wildman–Crippen MR) is 96.8 cm³/mol. The van der Waals surface area contributed by atoms with Crippen LogP contribution < -0.4 is 0 Å². The summed E-state index contributed by atoms with van der Waals surface area (Å²) < 4.78 is 17.1. The first-order chi connectivity index (χ1) is 11.1. The summed E-state index contributed by atoms with van der Waals surface area (Å²) in [6.07, 6.45) is 13.0. The Morgan fingerprint density at radius 1 is 1.26 bits per heavy atom. The third kappa shape index (κ3) is 8.69. The summed E-state index contributed by atoms with van der Waals surface area (Å²) in [7, 11) is 1.73. The van der Waals surface area contributed by atoms with E-state index in [0.29, 0.717) is 18.1 Å². The maximum atomic E-state index is 6.07. The third-order valence-electron chi connectivity index (χ3n) is 4.46. The Bertz CT molecular complexity index is 354. The van der Waals surface area contributed by atoms with Gasteiger partial charge in [0.25, 0.3) is 0 Å². The zero-order valence-electron chi connectivity index (χ0n) is 15.7. The van der Waals surface area contributed by atoms with E-state index in [0.717, 1.165) is 32.5 Å². The van der Waals surface area contributed by atoms with Crippen LogP contribution in [0.2, 0.25) is 0 Å². The lowest BCUT2D eigenvalue weighted by atomic mass is 9.91. The number of ether oxygens (including phenoxy) is 3. The highest BCUT2D eigenvalue weighted by atomic mass is 16.5. The molecular weight excluding hydrogens is 288 g/mol. The number of hydrogen-bond donors (Lipinski definition) is 0. The summed E-state index contributed by atoms with van der Waals surface area (Å²) in [6, 6.07) is 0. The molecule has 1 fully saturated rings. The molecule has 0 aromatic carbocycles. The van der Waals surface area contributed by atoms with Crippen molar-refractivity contribution in [1.29, 1.82) is 0 Å². The van der Waals surface area contributed by atoms with E-state index in [2.05, 4.69) is 45.9 Å². The second kappa shape index (κ2) is 11.8. The van der Waals surface area contributed by atoms with Crippen LogP contribution in [0.3, 0.4) is 0 Å². The monoisotopic (exact) mass is 324 g/mol. The molecule has 1 heterocycles. The molecule has 23 heavy (non-hydrogen) atoms. The van der Waals surface area contributed by atoms with E-state index in [-0.39, 0.29) is 6.10 Å². The SMILES string of the molecule is CCCO[C@H](/C=C/C(C)=C/C[C@@H]1O[C@H](C)CC[C@@H]1C)CCOC. The summed E-state index contributed by atoms with van der Waals surface area (Å²) in [5.74, 6) is 0.654. The van der Waals surface area contributed by atoms with E-state index in [1.165, 1.54) is 18.4 Å². The lowest BCUT2D eigenvalue weighted by Gasteiger charge is -2.32. The van der Waals surface area contributed by atoms with Gasteiger partial charge in [-0.05, 0) is 45.4 Å². The Morgan fingerprint density at radius 2 is 2.04 bits per heavy atom. The van der Waals surface area contributed by atoms with E-state index in [4.69, 9.17) is 14.2 Å². The smallest absolute Gasteiger partial charge is 0.0780 e. The molecule has 0 aliphatic carbocycles. The highest BCUT2D eigenvalue weighted by Crippen LogP contribution is 2.27. The molecule has 0 N–H and O–H groups in total. The van der Waals surface area contributed by atoms with E-state index >= 15 is 0 Å². The van der Waals surface area contributed by atoms with E-state index in [9.17, 15) is 0 Å². The first kappa shape index (κ1) is 20.4. The van der Waals surface area contributed by atoms with Crippen molar-refractivity contribution < 1.29 is 14.2 Å². The van der Waals surface area contributed by atoms with Crippen molar-refractivity contribution in [3.05, 3.63) is 23.8 Å². The second-order valence-corrected chi connectivity index (χ2v) is 6.77. The Labute approximate surface area is 143 Å². The molecule has 0 amide bonds. The normalized spacial score (nSPS) is 27.5. The van der Waals surface area contributed by atoms with Crippen LogP contribution in [-0.4, -0.2) is 38.6 Å². The Balaban J connectivity index is 2.48. The fourth-order valence-corrected chi connectivity index (χ4v) is 2.84. The lowest BCUT2D eigenvalue weighted by Crippen LogP contribution is -2.31. The molecule has 0 aromatic rings. The van der Waals surface area contributed by atoms with Crippen LogP contribution in [0.5, 0.6) is 0 Å². The third-order valence-corrected chi connectivity index (χ3v) is 4.46. The van der Waals surface area contributed by atoms with Gasteiger partial charge in [0.2, 0.25) is 0 Å². The summed E-state index contributed by atoms with van der Waals surface area (Å²) in [6.45, 7) is 10.3. The van der Waals surface area contributed by atoms with Crippen LogP contribution in [0.25, 0.3) is 0 Å². The van der Waals surface area contributed by atoms with Gasteiger partial charge < -0.3 is 14.2 Å². The van der Waals surface area contributed by atoms with Crippen LogP contribution >= 0.6 is 0 Å². The van der Waals surface area contributed by atoms with Gasteiger partial charge in [0.05, 0.1) is 18.3 Å². The van der Waals surface area contributed by atoms with Crippen molar-refractivity contribution in [2.75, 3.05) is 20.3 Å².